The van der Waals surface area contributed by atoms with Crippen LogP contribution in [0.2, 0.25) is 5.02 Å². The quantitative estimate of drug-likeness (QED) is 0.818. The van der Waals surface area contributed by atoms with Gasteiger partial charge in [-0.25, -0.2) is 4.39 Å². The Labute approximate surface area is 88.5 Å². The zero-order valence-corrected chi connectivity index (χ0v) is 8.44. The molecule has 2 N–H and O–H groups in total. The number of nitrogens with two attached hydrogens (primary N) is 1. The Balaban J connectivity index is 2.57. The second kappa shape index (κ2) is 3.51. The van der Waals surface area contributed by atoms with Crippen LogP contribution in [-0.2, 0) is 0 Å². The molecule has 0 saturated carbocycles. The number of benzene rings is 1. The number of nitrogens with zero attached hydrogens (tertiary/aromatic N) is 2. The summed E-state index contributed by atoms with van der Waals surface area (Å²) in [5, 5.41) is 0.357. The summed E-state index contributed by atoms with van der Waals surface area (Å²) < 4.78 is 17.3. The van der Waals surface area contributed by atoms with Gasteiger partial charge in [0.1, 0.15) is 0 Å². The zero-order chi connectivity index (χ0) is 10.1. The van der Waals surface area contributed by atoms with E-state index >= 15 is 0 Å². The fraction of sp³-hybridized carbons (Fsp3) is 0. The first-order valence-corrected chi connectivity index (χ1v) is 4.87. The van der Waals surface area contributed by atoms with Gasteiger partial charge in [-0.05, 0) is 12.1 Å². The fourth-order valence-corrected chi connectivity index (χ4v) is 1.64. The summed E-state index contributed by atoms with van der Waals surface area (Å²) in [6.45, 7) is 0. The van der Waals surface area contributed by atoms with Crippen LogP contribution in [-0.4, -0.2) is 9.36 Å². The van der Waals surface area contributed by atoms with Crippen molar-refractivity contribution in [3.63, 3.8) is 0 Å². The Morgan fingerprint density at radius 2 is 2.21 bits per heavy atom. The number of rotatable bonds is 1. The van der Waals surface area contributed by atoms with Gasteiger partial charge in [-0.15, -0.1) is 0 Å². The van der Waals surface area contributed by atoms with E-state index in [9.17, 15) is 4.39 Å². The first kappa shape index (κ1) is 9.36. The summed E-state index contributed by atoms with van der Waals surface area (Å²) in [6, 6.07) is 4.66. The van der Waals surface area contributed by atoms with Crippen LogP contribution < -0.4 is 5.73 Å². The van der Waals surface area contributed by atoms with E-state index in [0.29, 0.717) is 5.13 Å². The molecule has 0 aliphatic heterocycles. The third-order valence-electron chi connectivity index (χ3n) is 1.63. The van der Waals surface area contributed by atoms with Gasteiger partial charge in [0.05, 0.1) is 10.6 Å². The Morgan fingerprint density at radius 3 is 2.86 bits per heavy atom. The molecule has 0 aliphatic rings. The largest absolute Gasteiger partial charge is 0.374 e. The molecular formula is C8H5ClFN3S. The van der Waals surface area contributed by atoms with Crippen LogP contribution in [0.5, 0.6) is 0 Å². The first-order chi connectivity index (χ1) is 6.68. The van der Waals surface area contributed by atoms with Gasteiger partial charge in [0, 0.05) is 11.5 Å². The summed E-state index contributed by atoms with van der Waals surface area (Å²) in [5.74, 6) is -0.250. The van der Waals surface area contributed by atoms with Crippen LogP contribution in [0, 0.1) is 5.82 Å². The summed E-state index contributed by atoms with van der Waals surface area (Å²) in [7, 11) is 0. The van der Waals surface area contributed by atoms with Gasteiger partial charge in [-0.1, -0.05) is 17.7 Å². The predicted octanol–water partition coefficient (Wildman–Crippen LogP) is 2.58. The van der Waals surface area contributed by atoms with E-state index in [1.54, 1.807) is 12.1 Å². The number of anilines is 1. The van der Waals surface area contributed by atoms with E-state index in [1.165, 1.54) is 6.07 Å². The highest BCUT2D eigenvalue weighted by Crippen LogP contribution is 2.26. The van der Waals surface area contributed by atoms with Gasteiger partial charge in [-0.3, -0.25) is 0 Å². The summed E-state index contributed by atoms with van der Waals surface area (Å²) in [6.07, 6.45) is 0. The zero-order valence-electron chi connectivity index (χ0n) is 6.87. The van der Waals surface area contributed by atoms with Gasteiger partial charge in [0.25, 0.3) is 0 Å². The predicted molar refractivity (Wildman–Crippen MR) is 54.7 cm³/mol. The summed E-state index contributed by atoms with van der Waals surface area (Å²) >= 11 is 6.63. The lowest BCUT2D eigenvalue weighted by Crippen LogP contribution is -1.88. The maximum absolute atomic E-state index is 13.4. The van der Waals surface area contributed by atoms with Crippen molar-refractivity contribution in [2.45, 2.75) is 0 Å². The maximum Gasteiger partial charge on any atom is 0.200 e. The molecule has 0 saturated heterocycles. The first-order valence-electron chi connectivity index (χ1n) is 3.72. The topological polar surface area (TPSA) is 51.8 Å². The smallest absolute Gasteiger partial charge is 0.200 e. The van der Waals surface area contributed by atoms with Gasteiger partial charge < -0.3 is 5.73 Å². The molecule has 0 spiro atoms. The molecule has 2 rings (SSSR count). The van der Waals surface area contributed by atoms with Crippen molar-refractivity contribution in [2.24, 2.45) is 0 Å². The SMILES string of the molecule is Nc1nc(-c2cccc(Cl)c2F)ns1. The highest BCUT2D eigenvalue weighted by molar-refractivity contribution is 7.09. The summed E-state index contributed by atoms with van der Waals surface area (Å²) in [4.78, 5) is 3.87. The molecule has 3 nitrogen and oxygen atoms in total. The lowest BCUT2D eigenvalue weighted by molar-refractivity contribution is 0.631. The molecule has 0 radical (unpaired) electrons. The van der Waals surface area contributed by atoms with Crippen molar-refractivity contribution in [3.05, 3.63) is 29.0 Å². The van der Waals surface area contributed by atoms with Crippen LogP contribution in [0.3, 0.4) is 0 Å². The van der Waals surface area contributed by atoms with Crippen molar-refractivity contribution >= 4 is 28.3 Å². The minimum absolute atomic E-state index is 0.0517. The molecule has 0 fully saturated rings. The molecule has 14 heavy (non-hydrogen) atoms. The monoisotopic (exact) mass is 229 g/mol. The Kier molecular flexibility index (Phi) is 2.35. The normalized spacial score (nSPS) is 10.4. The van der Waals surface area contributed by atoms with Gasteiger partial charge >= 0.3 is 0 Å². The van der Waals surface area contributed by atoms with E-state index < -0.39 is 5.82 Å². The third-order valence-corrected chi connectivity index (χ3v) is 2.47. The van der Waals surface area contributed by atoms with E-state index in [2.05, 4.69) is 9.36 Å². The average molecular weight is 230 g/mol. The highest BCUT2D eigenvalue weighted by Gasteiger charge is 2.12. The van der Waals surface area contributed by atoms with Gasteiger partial charge in [-0.2, -0.15) is 9.36 Å². The molecule has 1 aromatic carbocycles. The lowest BCUT2D eigenvalue weighted by atomic mass is 10.2. The van der Waals surface area contributed by atoms with Crippen molar-refractivity contribution in [2.75, 3.05) is 5.73 Å². The Morgan fingerprint density at radius 1 is 1.43 bits per heavy atom. The van der Waals surface area contributed by atoms with Crippen LogP contribution in [0.25, 0.3) is 11.4 Å². The molecule has 1 aromatic heterocycles. The fourth-order valence-electron chi connectivity index (χ4n) is 1.02. The number of halogens is 2. The number of hydrogen-bond donors (Lipinski definition) is 1. The minimum atomic E-state index is -0.521. The van der Waals surface area contributed by atoms with Crippen molar-refractivity contribution in [1.82, 2.24) is 9.36 Å². The van der Waals surface area contributed by atoms with Crippen LogP contribution in [0.15, 0.2) is 18.2 Å². The van der Waals surface area contributed by atoms with Crippen molar-refractivity contribution in [1.29, 1.82) is 0 Å². The molecule has 72 valence electrons. The van der Waals surface area contributed by atoms with E-state index in [0.717, 1.165) is 11.5 Å². The number of hydrogen-bond acceptors (Lipinski definition) is 4. The van der Waals surface area contributed by atoms with Crippen LogP contribution in [0.4, 0.5) is 9.52 Å². The highest BCUT2D eigenvalue weighted by atomic mass is 35.5. The standard InChI is InChI=1S/C8H5ClFN3S/c9-5-3-1-2-4(6(5)10)7-12-8(11)14-13-7/h1-3H,(H2,11,12,13). The van der Waals surface area contributed by atoms with Crippen LogP contribution >= 0.6 is 23.1 Å². The Hall–Kier alpha value is -1.20. The van der Waals surface area contributed by atoms with Crippen LogP contribution in [0.1, 0.15) is 0 Å². The lowest BCUT2D eigenvalue weighted by Gasteiger charge is -1.98. The molecule has 2 aromatic rings. The maximum atomic E-state index is 13.4. The molecule has 0 aliphatic carbocycles. The van der Waals surface area contributed by atoms with Crippen molar-refractivity contribution < 1.29 is 4.39 Å². The average Bonchev–Trinajstić information content (AvgIpc) is 2.57. The molecular weight excluding hydrogens is 225 g/mol. The Bertz CT molecular complexity index is 471. The second-order valence-electron chi connectivity index (χ2n) is 2.56. The molecule has 0 atom stereocenters. The number of aromatic nitrogens is 2. The molecule has 0 amide bonds. The van der Waals surface area contributed by atoms with Gasteiger partial charge in [0.15, 0.2) is 16.8 Å². The molecule has 1 heterocycles. The molecule has 0 bridgehead atoms. The molecule has 0 unspecified atom stereocenters. The third kappa shape index (κ3) is 1.56. The second-order valence-corrected chi connectivity index (χ2v) is 3.75. The van der Waals surface area contributed by atoms with Gasteiger partial charge in [0.2, 0.25) is 0 Å². The van der Waals surface area contributed by atoms with Crippen molar-refractivity contribution in [3.8, 4) is 11.4 Å². The van der Waals surface area contributed by atoms with E-state index in [1.807, 2.05) is 0 Å². The minimum Gasteiger partial charge on any atom is -0.374 e. The van der Waals surface area contributed by atoms with E-state index in [4.69, 9.17) is 17.3 Å². The molecule has 6 heteroatoms. The van der Waals surface area contributed by atoms with E-state index in [-0.39, 0.29) is 16.4 Å². The number of nitrogen functional groups attached to an aromatic ring is 1. The summed E-state index contributed by atoms with van der Waals surface area (Å²) in [5.41, 5.74) is 5.66.